The van der Waals surface area contributed by atoms with Gasteiger partial charge in [-0.15, -0.1) is 0 Å². The molecule has 0 aliphatic carbocycles. The van der Waals surface area contributed by atoms with Crippen molar-refractivity contribution in [3.05, 3.63) is 29.5 Å². The number of imide groups is 1. The summed E-state index contributed by atoms with van der Waals surface area (Å²) in [5.74, 6) is 0.806. The maximum absolute atomic E-state index is 11.5. The Hall–Kier alpha value is -2.50. The van der Waals surface area contributed by atoms with E-state index in [-0.39, 0.29) is 5.70 Å². The summed E-state index contributed by atoms with van der Waals surface area (Å²) in [6.45, 7) is 2.72. The number of rotatable bonds is 6. The van der Waals surface area contributed by atoms with Crippen LogP contribution in [0.25, 0.3) is 6.08 Å². The SMILES string of the molecule is CCCCOc1ccc(/C=C2\NC(=O)NC2=O)cc1OC. The number of carbonyl (C=O) groups is 2. The molecule has 0 radical (unpaired) electrons. The van der Waals surface area contributed by atoms with Gasteiger partial charge in [0.1, 0.15) is 5.70 Å². The van der Waals surface area contributed by atoms with Gasteiger partial charge in [-0.2, -0.15) is 0 Å². The minimum Gasteiger partial charge on any atom is -0.493 e. The zero-order valence-corrected chi connectivity index (χ0v) is 12.1. The Balaban J connectivity index is 2.17. The molecule has 1 aromatic rings. The fraction of sp³-hybridized carbons (Fsp3) is 0.333. The molecule has 0 unspecified atom stereocenters. The summed E-state index contributed by atoms with van der Waals surface area (Å²) < 4.78 is 10.9. The highest BCUT2D eigenvalue weighted by molar-refractivity contribution is 6.13. The van der Waals surface area contributed by atoms with Gasteiger partial charge in [-0.1, -0.05) is 19.4 Å². The third kappa shape index (κ3) is 3.75. The van der Waals surface area contributed by atoms with Crippen LogP contribution in [0.5, 0.6) is 11.5 Å². The van der Waals surface area contributed by atoms with Gasteiger partial charge in [-0.05, 0) is 30.2 Å². The Morgan fingerprint density at radius 3 is 2.62 bits per heavy atom. The van der Waals surface area contributed by atoms with E-state index in [0.29, 0.717) is 18.1 Å². The number of methoxy groups -OCH3 is 1. The first-order valence-electron chi connectivity index (χ1n) is 6.79. The summed E-state index contributed by atoms with van der Waals surface area (Å²) >= 11 is 0. The maximum atomic E-state index is 11.5. The van der Waals surface area contributed by atoms with Crippen LogP contribution in [-0.4, -0.2) is 25.7 Å². The average Bonchev–Trinajstić information content (AvgIpc) is 2.78. The Morgan fingerprint density at radius 2 is 2.00 bits per heavy atom. The number of urea groups is 1. The molecule has 1 aromatic carbocycles. The quantitative estimate of drug-likeness (QED) is 0.477. The Labute approximate surface area is 123 Å². The van der Waals surface area contributed by atoms with Gasteiger partial charge in [0.2, 0.25) is 0 Å². The van der Waals surface area contributed by atoms with E-state index in [1.807, 2.05) is 0 Å². The molecule has 2 N–H and O–H groups in total. The van der Waals surface area contributed by atoms with E-state index in [0.717, 1.165) is 18.4 Å². The number of amides is 3. The number of benzene rings is 1. The summed E-state index contributed by atoms with van der Waals surface area (Å²) in [5, 5.41) is 4.58. The maximum Gasteiger partial charge on any atom is 0.326 e. The first-order valence-corrected chi connectivity index (χ1v) is 6.79. The lowest BCUT2D eigenvalue weighted by atomic mass is 10.1. The summed E-state index contributed by atoms with van der Waals surface area (Å²) in [5.41, 5.74) is 0.948. The van der Waals surface area contributed by atoms with Crippen LogP contribution in [0.15, 0.2) is 23.9 Å². The second kappa shape index (κ2) is 6.78. The second-order valence-corrected chi connectivity index (χ2v) is 4.58. The molecule has 1 aliphatic heterocycles. The molecule has 0 spiro atoms. The normalized spacial score (nSPS) is 15.8. The molecular formula is C15H18N2O4. The highest BCUT2D eigenvalue weighted by atomic mass is 16.5. The van der Waals surface area contributed by atoms with Gasteiger partial charge >= 0.3 is 6.03 Å². The van der Waals surface area contributed by atoms with Crippen molar-refractivity contribution in [3.8, 4) is 11.5 Å². The predicted octanol–water partition coefficient (Wildman–Crippen LogP) is 2.05. The summed E-state index contributed by atoms with van der Waals surface area (Å²) in [4.78, 5) is 22.5. The van der Waals surface area contributed by atoms with Crippen LogP contribution in [-0.2, 0) is 4.79 Å². The third-order valence-electron chi connectivity index (χ3n) is 2.97. The molecule has 0 saturated carbocycles. The standard InChI is InChI=1S/C15H18N2O4/c1-3-4-7-21-12-6-5-10(9-13(12)20-2)8-11-14(18)17-15(19)16-11/h5-6,8-9H,3-4,7H2,1-2H3,(H2,16,17,18,19)/b11-8-. The van der Waals surface area contributed by atoms with Crippen molar-refractivity contribution in [2.45, 2.75) is 19.8 Å². The monoisotopic (exact) mass is 290 g/mol. The van der Waals surface area contributed by atoms with E-state index >= 15 is 0 Å². The van der Waals surface area contributed by atoms with Gasteiger partial charge in [-0.25, -0.2) is 4.79 Å². The molecule has 0 aromatic heterocycles. The van der Waals surface area contributed by atoms with Gasteiger partial charge in [0.25, 0.3) is 5.91 Å². The smallest absolute Gasteiger partial charge is 0.326 e. The minimum atomic E-state index is -0.516. The molecule has 1 aliphatic rings. The molecule has 0 bridgehead atoms. The molecular weight excluding hydrogens is 272 g/mol. The van der Waals surface area contributed by atoms with Crippen molar-refractivity contribution in [1.82, 2.24) is 10.6 Å². The molecule has 6 heteroatoms. The van der Waals surface area contributed by atoms with Crippen molar-refractivity contribution in [3.63, 3.8) is 0 Å². The Bertz CT molecular complexity index is 581. The first-order chi connectivity index (χ1) is 10.1. The zero-order chi connectivity index (χ0) is 15.2. The van der Waals surface area contributed by atoms with E-state index in [9.17, 15) is 9.59 Å². The molecule has 6 nitrogen and oxygen atoms in total. The van der Waals surface area contributed by atoms with Gasteiger partial charge in [-0.3, -0.25) is 10.1 Å². The van der Waals surface area contributed by atoms with Crippen molar-refractivity contribution < 1.29 is 19.1 Å². The molecule has 1 fully saturated rings. The van der Waals surface area contributed by atoms with Gasteiger partial charge in [0.15, 0.2) is 11.5 Å². The van der Waals surface area contributed by atoms with Crippen LogP contribution in [0, 0.1) is 0 Å². The lowest BCUT2D eigenvalue weighted by Crippen LogP contribution is -2.22. The summed E-state index contributed by atoms with van der Waals surface area (Å²) in [7, 11) is 1.56. The van der Waals surface area contributed by atoms with Crippen LogP contribution in [0.3, 0.4) is 0 Å². The fourth-order valence-electron chi connectivity index (χ4n) is 1.87. The number of nitrogens with one attached hydrogen (secondary N) is 2. The highest BCUT2D eigenvalue weighted by Gasteiger charge is 2.22. The van der Waals surface area contributed by atoms with E-state index in [1.54, 1.807) is 31.4 Å². The fourth-order valence-corrected chi connectivity index (χ4v) is 1.87. The van der Waals surface area contributed by atoms with E-state index < -0.39 is 11.9 Å². The Kier molecular flexibility index (Phi) is 4.81. The van der Waals surface area contributed by atoms with Gasteiger partial charge in [0.05, 0.1) is 13.7 Å². The molecule has 21 heavy (non-hydrogen) atoms. The average molecular weight is 290 g/mol. The highest BCUT2D eigenvalue weighted by Crippen LogP contribution is 2.29. The lowest BCUT2D eigenvalue weighted by molar-refractivity contribution is -0.115. The molecule has 0 atom stereocenters. The molecule has 3 amide bonds. The number of hydrogen-bond donors (Lipinski definition) is 2. The molecule has 2 rings (SSSR count). The van der Waals surface area contributed by atoms with Crippen molar-refractivity contribution in [1.29, 1.82) is 0 Å². The van der Waals surface area contributed by atoms with Crippen molar-refractivity contribution in [2.24, 2.45) is 0 Å². The molecule has 112 valence electrons. The van der Waals surface area contributed by atoms with Crippen molar-refractivity contribution in [2.75, 3.05) is 13.7 Å². The topological polar surface area (TPSA) is 76.7 Å². The van der Waals surface area contributed by atoms with Crippen LogP contribution in [0.1, 0.15) is 25.3 Å². The predicted molar refractivity (Wildman–Crippen MR) is 78.0 cm³/mol. The molecule has 1 heterocycles. The van der Waals surface area contributed by atoms with E-state index in [1.165, 1.54) is 0 Å². The summed E-state index contributed by atoms with van der Waals surface area (Å²) in [6, 6.07) is 4.83. The largest absolute Gasteiger partial charge is 0.493 e. The number of unbranched alkanes of at least 4 members (excludes halogenated alkanes) is 1. The number of ether oxygens (including phenoxy) is 2. The number of carbonyl (C=O) groups excluding carboxylic acids is 2. The zero-order valence-electron chi connectivity index (χ0n) is 12.1. The summed E-state index contributed by atoms with van der Waals surface area (Å²) in [6.07, 6.45) is 3.61. The first kappa shape index (κ1) is 14.9. The van der Waals surface area contributed by atoms with Crippen molar-refractivity contribution >= 4 is 18.0 Å². The third-order valence-corrected chi connectivity index (χ3v) is 2.97. The minimum absolute atomic E-state index is 0.210. The van der Waals surface area contributed by atoms with Crippen LogP contribution in [0.2, 0.25) is 0 Å². The van der Waals surface area contributed by atoms with E-state index in [2.05, 4.69) is 17.6 Å². The van der Waals surface area contributed by atoms with E-state index in [4.69, 9.17) is 9.47 Å². The molecule has 1 saturated heterocycles. The van der Waals surface area contributed by atoms with Gasteiger partial charge in [0, 0.05) is 0 Å². The van der Waals surface area contributed by atoms with Gasteiger partial charge < -0.3 is 14.8 Å². The lowest BCUT2D eigenvalue weighted by Gasteiger charge is -2.11. The number of hydrogen-bond acceptors (Lipinski definition) is 4. The van der Waals surface area contributed by atoms with Crippen LogP contribution >= 0.6 is 0 Å². The van der Waals surface area contributed by atoms with Crippen LogP contribution < -0.4 is 20.1 Å². The Morgan fingerprint density at radius 1 is 1.19 bits per heavy atom. The second-order valence-electron chi connectivity index (χ2n) is 4.58. The van der Waals surface area contributed by atoms with Crippen LogP contribution in [0.4, 0.5) is 4.79 Å².